The second-order valence-corrected chi connectivity index (χ2v) is 4.94. The summed E-state index contributed by atoms with van der Waals surface area (Å²) in [7, 11) is 0. The van der Waals surface area contributed by atoms with Crippen LogP contribution in [0.25, 0.3) is 0 Å². The van der Waals surface area contributed by atoms with Gasteiger partial charge in [-0.2, -0.15) is 0 Å². The number of hydrogen-bond donors (Lipinski definition) is 1. The molecule has 1 aromatic carbocycles. The van der Waals surface area contributed by atoms with Crippen molar-refractivity contribution in [2.45, 2.75) is 33.0 Å². The van der Waals surface area contributed by atoms with Gasteiger partial charge < -0.3 is 14.8 Å². The zero-order valence-corrected chi connectivity index (χ0v) is 12.6. The maximum absolute atomic E-state index is 5.92. The van der Waals surface area contributed by atoms with Crippen molar-refractivity contribution in [2.75, 3.05) is 26.3 Å². The molecule has 19 heavy (non-hydrogen) atoms. The molecule has 1 unspecified atom stereocenters. The van der Waals surface area contributed by atoms with Crippen molar-refractivity contribution in [3.63, 3.8) is 0 Å². The molecular formula is C15H24ClNO2. The van der Waals surface area contributed by atoms with Gasteiger partial charge in [0.15, 0.2) is 0 Å². The number of rotatable bonds is 10. The molecule has 0 bridgehead atoms. The molecule has 108 valence electrons. The highest BCUT2D eigenvalue weighted by Crippen LogP contribution is 2.11. The molecule has 0 aliphatic rings. The molecule has 0 spiro atoms. The molecule has 3 nitrogen and oxygen atoms in total. The Hall–Kier alpha value is -0.610. The minimum Gasteiger partial charge on any atom is -0.382 e. The molecule has 1 aromatic rings. The third kappa shape index (κ3) is 8.22. The van der Waals surface area contributed by atoms with Gasteiger partial charge in [-0.05, 0) is 44.5 Å². The van der Waals surface area contributed by atoms with Crippen LogP contribution in [-0.4, -0.2) is 32.4 Å². The van der Waals surface area contributed by atoms with E-state index in [0.29, 0.717) is 6.61 Å². The van der Waals surface area contributed by atoms with Gasteiger partial charge in [-0.1, -0.05) is 23.7 Å². The standard InChI is InChI=1S/C15H24ClNO2/c1-3-18-9-5-8-17-11-13(2)19-12-14-6-4-7-15(16)10-14/h4,6-7,10,13,17H,3,5,8-9,11-12H2,1-2H3. The van der Waals surface area contributed by atoms with Crippen LogP contribution in [0.1, 0.15) is 25.8 Å². The third-order valence-corrected chi connectivity index (χ3v) is 2.94. The fourth-order valence-corrected chi connectivity index (χ4v) is 1.89. The zero-order chi connectivity index (χ0) is 13.9. The van der Waals surface area contributed by atoms with Crippen molar-refractivity contribution in [3.8, 4) is 0 Å². The number of ether oxygens (including phenoxy) is 2. The summed E-state index contributed by atoms with van der Waals surface area (Å²) >= 11 is 5.92. The third-order valence-electron chi connectivity index (χ3n) is 2.70. The van der Waals surface area contributed by atoms with Gasteiger partial charge in [0.25, 0.3) is 0 Å². The van der Waals surface area contributed by atoms with Crippen LogP contribution in [0.15, 0.2) is 24.3 Å². The van der Waals surface area contributed by atoms with Gasteiger partial charge in [-0.25, -0.2) is 0 Å². The van der Waals surface area contributed by atoms with E-state index in [1.54, 1.807) is 0 Å². The molecule has 0 aromatic heterocycles. The SMILES string of the molecule is CCOCCCNCC(C)OCc1cccc(Cl)c1. The molecule has 1 rings (SSSR count). The quantitative estimate of drug-likeness (QED) is 0.669. The van der Waals surface area contributed by atoms with Gasteiger partial charge in [0.2, 0.25) is 0 Å². The van der Waals surface area contributed by atoms with Crippen molar-refractivity contribution in [2.24, 2.45) is 0 Å². The molecule has 0 radical (unpaired) electrons. The average Bonchev–Trinajstić information content (AvgIpc) is 2.40. The first-order valence-electron chi connectivity index (χ1n) is 6.87. The molecule has 4 heteroatoms. The Kier molecular flexibility index (Phi) is 8.84. The molecule has 0 amide bonds. The minimum atomic E-state index is 0.186. The summed E-state index contributed by atoms with van der Waals surface area (Å²) in [6.45, 7) is 8.11. The molecule has 0 saturated carbocycles. The Balaban J connectivity index is 2.06. The van der Waals surface area contributed by atoms with Crippen LogP contribution >= 0.6 is 11.6 Å². The fraction of sp³-hybridized carbons (Fsp3) is 0.600. The summed E-state index contributed by atoms with van der Waals surface area (Å²) in [5.41, 5.74) is 1.11. The fourth-order valence-electron chi connectivity index (χ4n) is 1.67. The second-order valence-electron chi connectivity index (χ2n) is 4.51. The van der Waals surface area contributed by atoms with E-state index in [1.165, 1.54) is 0 Å². The highest BCUT2D eigenvalue weighted by Gasteiger charge is 2.02. The largest absolute Gasteiger partial charge is 0.382 e. The maximum atomic E-state index is 5.92. The topological polar surface area (TPSA) is 30.5 Å². The summed E-state index contributed by atoms with van der Waals surface area (Å²) < 4.78 is 11.0. The van der Waals surface area contributed by atoms with Gasteiger partial charge in [0.05, 0.1) is 12.7 Å². The summed E-state index contributed by atoms with van der Waals surface area (Å²) in [5.74, 6) is 0. The smallest absolute Gasteiger partial charge is 0.0721 e. The molecule has 1 atom stereocenters. The van der Waals surface area contributed by atoms with Gasteiger partial charge >= 0.3 is 0 Å². The normalized spacial score (nSPS) is 12.6. The first-order chi connectivity index (χ1) is 9.22. The van der Waals surface area contributed by atoms with E-state index in [0.717, 1.165) is 43.3 Å². The summed E-state index contributed by atoms with van der Waals surface area (Å²) in [4.78, 5) is 0. The van der Waals surface area contributed by atoms with Gasteiger partial charge in [0.1, 0.15) is 0 Å². The Labute approximate surface area is 121 Å². The van der Waals surface area contributed by atoms with E-state index in [1.807, 2.05) is 31.2 Å². The van der Waals surface area contributed by atoms with Crippen molar-refractivity contribution in [3.05, 3.63) is 34.9 Å². The Morgan fingerprint density at radius 1 is 1.37 bits per heavy atom. The van der Waals surface area contributed by atoms with Crippen molar-refractivity contribution in [1.82, 2.24) is 5.32 Å². The number of nitrogens with one attached hydrogen (secondary N) is 1. The molecule has 0 aliphatic heterocycles. The minimum absolute atomic E-state index is 0.186. The lowest BCUT2D eigenvalue weighted by Crippen LogP contribution is -2.28. The molecule has 0 heterocycles. The van der Waals surface area contributed by atoms with E-state index in [9.17, 15) is 0 Å². The number of halogens is 1. The van der Waals surface area contributed by atoms with Crippen molar-refractivity contribution >= 4 is 11.6 Å². The molecule has 0 saturated heterocycles. The lowest BCUT2D eigenvalue weighted by Gasteiger charge is -2.14. The number of hydrogen-bond acceptors (Lipinski definition) is 3. The Morgan fingerprint density at radius 2 is 2.21 bits per heavy atom. The predicted molar refractivity (Wildman–Crippen MR) is 79.7 cm³/mol. The Bertz CT molecular complexity index is 347. The summed E-state index contributed by atoms with van der Waals surface area (Å²) in [5, 5.41) is 4.11. The second kappa shape index (κ2) is 10.2. The maximum Gasteiger partial charge on any atom is 0.0721 e. The molecule has 0 aliphatic carbocycles. The van der Waals surface area contributed by atoms with Crippen molar-refractivity contribution < 1.29 is 9.47 Å². The molecular weight excluding hydrogens is 262 g/mol. The van der Waals surface area contributed by atoms with Crippen LogP contribution in [0.5, 0.6) is 0 Å². The van der Waals surface area contributed by atoms with Crippen LogP contribution in [0.4, 0.5) is 0 Å². The van der Waals surface area contributed by atoms with Gasteiger partial charge in [0, 0.05) is 24.8 Å². The first kappa shape index (κ1) is 16.4. The number of benzene rings is 1. The lowest BCUT2D eigenvalue weighted by atomic mass is 10.2. The van der Waals surface area contributed by atoms with Crippen LogP contribution in [0.3, 0.4) is 0 Å². The van der Waals surface area contributed by atoms with E-state index in [2.05, 4.69) is 12.2 Å². The van der Waals surface area contributed by atoms with Crippen molar-refractivity contribution in [1.29, 1.82) is 0 Å². The summed E-state index contributed by atoms with van der Waals surface area (Å²) in [6.07, 6.45) is 1.22. The highest BCUT2D eigenvalue weighted by molar-refractivity contribution is 6.30. The molecule has 0 fully saturated rings. The van der Waals surface area contributed by atoms with E-state index in [4.69, 9.17) is 21.1 Å². The zero-order valence-electron chi connectivity index (χ0n) is 11.8. The monoisotopic (exact) mass is 285 g/mol. The van der Waals surface area contributed by atoms with E-state index in [-0.39, 0.29) is 6.10 Å². The van der Waals surface area contributed by atoms with E-state index < -0.39 is 0 Å². The first-order valence-corrected chi connectivity index (χ1v) is 7.24. The lowest BCUT2D eigenvalue weighted by molar-refractivity contribution is 0.0527. The van der Waals surface area contributed by atoms with Crippen LogP contribution in [0, 0.1) is 0 Å². The van der Waals surface area contributed by atoms with Gasteiger partial charge in [-0.3, -0.25) is 0 Å². The van der Waals surface area contributed by atoms with Gasteiger partial charge in [-0.15, -0.1) is 0 Å². The van der Waals surface area contributed by atoms with Crippen LogP contribution in [-0.2, 0) is 16.1 Å². The van der Waals surface area contributed by atoms with Crippen LogP contribution in [0.2, 0.25) is 5.02 Å². The highest BCUT2D eigenvalue weighted by atomic mass is 35.5. The molecule has 1 N–H and O–H groups in total. The predicted octanol–water partition coefficient (Wildman–Crippen LogP) is 3.26. The summed E-state index contributed by atoms with van der Waals surface area (Å²) in [6, 6.07) is 7.77. The van der Waals surface area contributed by atoms with Crippen LogP contribution < -0.4 is 5.32 Å². The average molecular weight is 286 g/mol. The Morgan fingerprint density at radius 3 is 2.95 bits per heavy atom. The van der Waals surface area contributed by atoms with E-state index >= 15 is 0 Å².